The Balaban J connectivity index is 1.32. The van der Waals surface area contributed by atoms with Crippen LogP contribution in [0.15, 0.2) is 54.6 Å². The molecule has 7 heteroatoms. The van der Waals surface area contributed by atoms with Gasteiger partial charge >= 0.3 is 0 Å². The standard InChI is InChI=1S/C22H24FN5O/c23-18-8-6-17(7-9-18)22(29)12-19-10-11-20(13-22)27(19)15-21-24-25-26-28(21)14-16-4-2-1-3-5-16/h1-9,19-20,29H,10-15H2. The minimum absolute atomic E-state index is 0.269. The van der Waals surface area contributed by atoms with Crippen molar-refractivity contribution in [2.75, 3.05) is 0 Å². The lowest BCUT2D eigenvalue weighted by Crippen LogP contribution is -2.49. The van der Waals surface area contributed by atoms with E-state index in [0.717, 1.165) is 29.8 Å². The number of fused-ring (bicyclic) bond motifs is 2. The molecule has 2 unspecified atom stereocenters. The number of hydrogen-bond acceptors (Lipinski definition) is 5. The Morgan fingerprint density at radius 2 is 1.66 bits per heavy atom. The van der Waals surface area contributed by atoms with E-state index >= 15 is 0 Å². The first kappa shape index (κ1) is 18.4. The molecule has 0 amide bonds. The van der Waals surface area contributed by atoms with Crippen LogP contribution in [-0.2, 0) is 18.7 Å². The Kier molecular flexibility index (Phi) is 4.64. The maximum absolute atomic E-state index is 13.3. The number of aliphatic hydroxyl groups is 1. The number of nitrogens with zero attached hydrogens (tertiary/aromatic N) is 5. The van der Waals surface area contributed by atoms with Gasteiger partial charge in [0.05, 0.1) is 18.7 Å². The molecule has 2 aromatic carbocycles. The first-order valence-corrected chi connectivity index (χ1v) is 10.1. The van der Waals surface area contributed by atoms with Gasteiger partial charge in [-0.05, 0) is 59.4 Å². The van der Waals surface area contributed by atoms with Crippen molar-refractivity contribution in [2.24, 2.45) is 0 Å². The summed E-state index contributed by atoms with van der Waals surface area (Å²) in [5.74, 6) is 0.570. The van der Waals surface area contributed by atoms with Gasteiger partial charge in [-0.25, -0.2) is 9.07 Å². The molecule has 5 rings (SSSR count). The summed E-state index contributed by atoms with van der Waals surface area (Å²) in [6, 6.07) is 17.0. The van der Waals surface area contributed by atoms with Crippen molar-refractivity contribution < 1.29 is 9.50 Å². The summed E-state index contributed by atoms with van der Waals surface area (Å²) in [5.41, 5.74) is 1.07. The molecule has 2 atom stereocenters. The van der Waals surface area contributed by atoms with Crippen molar-refractivity contribution >= 4 is 0 Å². The summed E-state index contributed by atoms with van der Waals surface area (Å²) in [5, 5.41) is 23.6. The molecule has 2 aliphatic heterocycles. The van der Waals surface area contributed by atoms with Crippen molar-refractivity contribution in [1.82, 2.24) is 25.1 Å². The largest absolute Gasteiger partial charge is 0.385 e. The van der Waals surface area contributed by atoms with E-state index in [4.69, 9.17) is 0 Å². The van der Waals surface area contributed by atoms with Crippen LogP contribution in [0.3, 0.4) is 0 Å². The molecule has 3 aromatic rings. The Labute approximate surface area is 169 Å². The lowest BCUT2D eigenvalue weighted by molar-refractivity contribution is -0.0604. The molecule has 1 N–H and O–H groups in total. The van der Waals surface area contributed by atoms with Crippen molar-refractivity contribution in [3.8, 4) is 0 Å². The predicted octanol–water partition coefficient (Wildman–Crippen LogP) is 2.88. The zero-order chi connectivity index (χ0) is 19.8. The molecule has 3 heterocycles. The lowest BCUT2D eigenvalue weighted by Gasteiger charge is -2.43. The summed E-state index contributed by atoms with van der Waals surface area (Å²) in [6.07, 6.45) is 3.40. The second kappa shape index (κ2) is 7.31. The van der Waals surface area contributed by atoms with Gasteiger partial charge in [-0.3, -0.25) is 4.90 Å². The molecule has 2 fully saturated rings. The SMILES string of the molecule is OC1(c2ccc(F)cc2)CC2CCC(C1)N2Cc1nnnn1Cc1ccccc1. The van der Waals surface area contributed by atoms with Crippen LogP contribution in [0, 0.1) is 5.82 Å². The van der Waals surface area contributed by atoms with Crippen LogP contribution in [0.2, 0.25) is 0 Å². The zero-order valence-corrected chi connectivity index (χ0v) is 16.2. The number of halogens is 1. The second-order valence-electron chi connectivity index (χ2n) is 8.24. The maximum Gasteiger partial charge on any atom is 0.165 e. The summed E-state index contributed by atoms with van der Waals surface area (Å²) in [4.78, 5) is 2.44. The normalized spacial score (nSPS) is 26.7. The molecule has 0 aliphatic carbocycles. The van der Waals surface area contributed by atoms with E-state index < -0.39 is 5.60 Å². The van der Waals surface area contributed by atoms with Crippen LogP contribution in [0.1, 0.15) is 42.6 Å². The fourth-order valence-corrected chi connectivity index (χ4v) is 4.95. The predicted molar refractivity (Wildman–Crippen MR) is 105 cm³/mol. The second-order valence-corrected chi connectivity index (χ2v) is 8.24. The summed E-state index contributed by atoms with van der Waals surface area (Å²) in [7, 11) is 0. The quantitative estimate of drug-likeness (QED) is 0.722. The fraction of sp³-hybridized carbons (Fsp3) is 0.409. The number of piperidine rings is 1. The highest BCUT2D eigenvalue weighted by molar-refractivity contribution is 5.25. The van der Waals surface area contributed by atoms with Gasteiger partial charge in [0.15, 0.2) is 5.82 Å². The van der Waals surface area contributed by atoms with Gasteiger partial charge in [0.1, 0.15) is 5.82 Å². The molecular formula is C22H24FN5O. The smallest absolute Gasteiger partial charge is 0.165 e. The molecule has 0 saturated carbocycles. The van der Waals surface area contributed by atoms with E-state index in [0.29, 0.717) is 25.9 Å². The van der Waals surface area contributed by atoms with E-state index in [1.807, 2.05) is 22.9 Å². The molecule has 2 bridgehead atoms. The number of tetrazole rings is 1. The molecule has 2 saturated heterocycles. The Morgan fingerprint density at radius 3 is 2.34 bits per heavy atom. The average Bonchev–Trinajstić information content (AvgIpc) is 3.25. The van der Waals surface area contributed by atoms with Crippen LogP contribution < -0.4 is 0 Å². The molecule has 6 nitrogen and oxygen atoms in total. The Hall–Kier alpha value is -2.64. The van der Waals surface area contributed by atoms with Gasteiger partial charge < -0.3 is 5.11 Å². The van der Waals surface area contributed by atoms with Gasteiger partial charge in [0.2, 0.25) is 0 Å². The number of rotatable bonds is 5. The molecule has 0 radical (unpaired) electrons. The van der Waals surface area contributed by atoms with E-state index in [1.165, 1.54) is 12.1 Å². The average molecular weight is 393 g/mol. The van der Waals surface area contributed by atoms with Gasteiger partial charge in [-0.2, -0.15) is 0 Å². The van der Waals surface area contributed by atoms with Gasteiger partial charge in [-0.1, -0.05) is 42.5 Å². The van der Waals surface area contributed by atoms with Crippen LogP contribution in [0.25, 0.3) is 0 Å². The molecule has 150 valence electrons. The van der Waals surface area contributed by atoms with Crippen LogP contribution >= 0.6 is 0 Å². The first-order valence-electron chi connectivity index (χ1n) is 10.1. The topological polar surface area (TPSA) is 67.1 Å². The summed E-state index contributed by atoms with van der Waals surface area (Å²) < 4.78 is 15.2. The highest BCUT2D eigenvalue weighted by Gasteiger charge is 2.48. The molecular weight excluding hydrogens is 369 g/mol. The molecule has 29 heavy (non-hydrogen) atoms. The lowest BCUT2D eigenvalue weighted by atomic mass is 9.80. The fourth-order valence-electron chi connectivity index (χ4n) is 4.95. The minimum atomic E-state index is -0.897. The van der Waals surface area contributed by atoms with Crippen LogP contribution in [0.4, 0.5) is 4.39 Å². The summed E-state index contributed by atoms with van der Waals surface area (Å²) >= 11 is 0. The molecule has 0 spiro atoms. The van der Waals surface area contributed by atoms with E-state index in [2.05, 4.69) is 32.6 Å². The van der Waals surface area contributed by atoms with Gasteiger partial charge in [-0.15, -0.1) is 5.10 Å². The third-order valence-electron chi connectivity index (χ3n) is 6.40. The minimum Gasteiger partial charge on any atom is -0.385 e. The molecule has 1 aromatic heterocycles. The van der Waals surface area contributed by atoms with Crippen LogP contribution in [-0.4, -0.2) is 42.3 Å². The third kappa shape index (κ3) is 3.56. The van der Waals surface area contributed by atoms with Crippen molar-refractivity contribution in [3.05, 3.63) is 77.4 Å². The van der Waals surface area contributed by atoms with Crippen molar-refractivity contribution in [1.29, 1.82) is 0 Å². The Bertz CT molecular complexity index is 960. The van der Waals surface area contributed by atoms with E-state index in [9.17, 15) is 9.50 Å². The number of benzene rings is 2. The van der Waals surface area contributed by atoms with Gasteiger partial charge in [0, 0.05) is 12.1 Å². The van der Waals surface area contributed by atoms with E-state index in [1.54, 1.807) is 12.1 Å². The number of hydrogen-bond donors (Lipinski definition) is 1. The van der Waals surface area contributed by atoms with Crippen molar-refractivity contribution in [3.63, 3.8) is 0 Å². The first-order chi connectivity index (χ1) is 14.1. The highest BCUT2D eigenvalue weighted by Crippen LogP contribution is 2.46. The van der Waals surface area contributed by atoms with Gasteiger partial charge in [0.25, 0.3) is 0 Å². The zero-order valence-electron chi connectivity index (χ0n) is 16.2. The van der Waals surface area contributed by atoms with E-state index in [-0.39, 0.29) is 17.9 Å². The Morgan fingerprint density at radius 1 is 0.966 bits per heavy atom. The number of aromatic nitrogens is 4. The molecule has 2 aliphatic rings. The van der Waals surface area contributed by atoms with Crippen molar-refractivity contribution in [2.45, 2.75) is 56.5 Å². The monoisotopic (exact) mass is 393 g/mol. The maximum atomic E-state index is 13.3. The third-order valence-corrected chi connectivity index (χ3v) is 6.40. The highest BCUT2D eigenvalue weighted by atomic mass is 19.1. The summed E-state index contributed by atoms with van der Waals surface area (Å²) in [6.45, 7) is 1.32. The van der Waals surface area contributed by atoms with Crippen LogP contribution in [0.5, 0.6) is 0 Å².